The van der Waals surface area contributed by atoms with Gasteiger partial charge in [0.2, 0.25) is 17.7 Å². The summed E-state index contributed by atoms with van der Waals surface area (Å²) in [5.41, 5.74) is 4.34. The van der Waals surface area contributed by atoms with Crippen molar-refractivity contribution in [3.63, 3.8) is 0 Å². The van der Waals surface area contributed by atoms with Gasteiger partial charge < -0.3 is 14.7 Å². The molecule has 0 atom stereocenters. The number of hydrogen-bond acceptors (Lipinski definition) is 4. The lowest BCUT2D eigenvalue weighted by atomic mass is 10.1. The fraction of sp³-hybridized carbons (Fsp3) is 0.227. The van der Waals surface area contributed by atoms with Gasteiger partial charge in [0.25, 0.3) is 0 Å². The molecule has 0 saturated heterocycles. The van der Waals surface area contributed by atoms with E-state index in [4.69, 9.17) is 4.42 Å². The molecule has 4 rings (SSSR count). The number of benzene rings is 2. The Morgan fingerprint density at radius 1 is 1.11 bits per heavy atom. The summed E-state index contributed by atoms with van der Waals surface area (Å²) in [6.07, 6.45) is 3.54. The molecule has 0 spiro atoms. The molecule has 2 heterocycles. The van der Waals surface area contributed by atoms with Gasteiger partial charge in [0.15, 0.2) is 0 Å². The summed E-state index contributed by atoms with van der Waals surface area (Å²) >= 11 is 0. The quantitative estimate of drug-likeness (QED) is 0.515. The lowest BCUT2D eigenvalue weighted by Gasteiger charge is -2.04. The molecule has 0 aliphatic rings. The number of aryl methyl sites for hydroxylation is 2. The van der Waals surface area contributed by atoms with Crippen LogP contribution < -0.4 is 5.32 Å². The van der Waals surface area contributed by atoms with Crippen LogP contribution in [0.5, 0.6) is 0 Å². The Kier molecular flexibility index (Phi) is 5.19. The van der Waals surface area contributed by atoms with Crippen molar-refractivity contribution in [2.45, 2.75) is 26.2 Å². The maximum absolute atomic E-state index is 12.1. The van der Waals surface area contributed by atoms with E-state index in [-0.39, 0.29) is 5.91 Å². The maximum atomic E-state index is 12.1. The summed E-state index contributed by atoms with van der Waals surface area (Å²) in [7, 11) is 0. The summed E-state index contributed by atoms with van der Waals surface area (Å²) < 4.78 is 5.68. The normalized spacial score (nSPS) is 11.0. The maximum Gasteiger partial charge on any atom is 0.247 e. The molecule has 6 heteroatoms. The van der Waals surface area contributed by atoms with Gasteiger partial charge in [-0.3, -0.25) is 4.79 Å². The topological polar surface area (TPSA) is 83.8 Å². The summed E-state index contributed by atoms with van der Waals surface area (Å²) in [6.45, 7) is 2.61. The average molecular weight is 374 g/mol. The second kappa shape index (κ2) is 8.08. The fourth-order valence-electron chi connectivity index (χ4n) is 3.23. The van der Waals surface area contributed by atoms with Crippen molar-refractivity contribution in [1.82, 2.24) is 20.5 Å². The van der Waals surface area contributed by atoms with Gasteiger partial charge in [-0.1, -0.05) is 35.9 Å². The number of H-pyrrole nitrogens is 1. The van der Waals surface area contributed by atoms with E-state index >= 15 is 0 Å². The zero-order valence-electron chi connectivity index (χ0n) is 15.7. The number of hydrogen-bond donors (Lipinski definition) is 2. The smallest absolute Gasteiger partial charge is 0.247 e. The third kappa shape index (κ3) is 4.11. The zero-order chi connectivity index (χ0) is 19.3. The first-order valence-corrected chi connectivity index (χ1v) is 9.40. The number of nitrogens with one attached hydrogen (secondary N) is 2. The molecule has 1 amide bonds. The number of carbonyl (C=O) groups is 1. The molecule has 4 aromatic rings. The number of nitrogens with zero attached hydrogens (tertiary/aromatic N) is 2. The highest BCUT2D eigenvalue weighted by atomic mass is 16.4. The third-order valence-corrected chi connectivity index (χ3v) is 4.69. The molecule has 2 aromatic heterocycles. The van der Waals surface area contributed by atoms with Gasteiger partial charge in [-0.25, -0.2) is 0 Å². The van der Waals surface area contributed by atoms with Crippen LogP contribution in [0.2, 0.25) is 0 Å². The second-order valence-electron chi connectivity index (χ2n) is 6.83. The van der Waals surface area contributed by atoms with Gasteiger partial charge in [0.1, 0.15) is 0 Å². The lowest BCUT2D eigenvalue weighted by Crippen LogP contribution is -2.25. The highest BCUT2D eigenvalue weighted by molar-refractivity contribution is 5.83. The first-order valence-electron chi connectivity index (χ1n) is 9.40. The van der Waals surface area contributed by atoms with E-state index < -0.39 is 0 Å². The van der Waals surface area contributed by atoms with Crippen LogP contribution in [0.15, 0.2) is 59.1 Å². The van der Waals surface area contributed by atoms with E-state index in [1.54, 1.807) is 0 Å². The fourth-order valence-corrected chi connectivity index (χ4v) is 3.23. The lowest BCUT2D eigenvalue weighted by molar-refractivity contribution is -0.121. The molecule has 2 N–H and O–H groups in total. The van der Waals surface area contributed by atoms with Crippen LogP contribution in [0, 0.1) is 6.92 Å². The van der Waals surface area contributed by atoms with Crippen molar-refractivity contribution < 1.29 is 9.21 Å². The van der Waals surface area contributed by atoms with Gasteiger partial charge in [-0.2, -0.15) is 0 Å². The Labute approximate surface area is 163 Å². The van der Waals surface area contributed by atoms with Crippen molar-refractivity contribution in [2.24, 2.45) is 0 Å². The first-order chi connectivity index (χ1) is 13.7. The first kappa shape index (κ1) is 18.0. The van der Waals surface area contributed by atoms with E-state index in [2.05, 4.69) is 26.6 Å². The highest BCUT2D eigenvalue weighted by Crippen LogP contribution is 2.19. The van der Waals surface area contributed by atoms with Crippen LogP contribution >= 0.6 is 0 Å². The number of rotatable bonds is 7. The third-order valence-electron chi connectivity index (χ3n) is 4.69. The molecule has 2 aromatic carbocycles. The minimum absolute atomic E-state index is 0.0184. The Morgan fingerprint density at radius 3 is 2.89 bits per heavy atom. The van der Waals surface area contributed by atoms with Crippen LogP contribution in [-0.4, -0.2) is 27.6 Å². The van der Waals surface area contributed by atoms with E-state index in [0.29, 0.717) is 31.2 Å². The van der Waals surface area contributed by atoms with Crippen molar-refractivity contribution in [3.8, 4) is 11.5 Å². The summed E-state index contributed by atoms with van der Waals surface area (Å²) in [5, 5.41) is 12.3. The van der Waals surface area contributed by atoms with Gasteiger partial charge in [0, 0.05) is 42.0 Å². The van der Waals surface area contributed by atoms with Crippen molar-refractivity contribution in [2.75, 3.05) is 6.54 Å². The number of aromatic nitrogens is 3. The van der Waals surface area contributed by atoms with Crippen molar-refractivity contribution in [1.29, 1.82) is 0 Å². The minimum Gasteiger partial charge on any atom is -0.421 e. The van der Waals surface area contributed by atoms with Crippen LogP contribution in [0.3, 0.4) is 0 Å². The molecule has 142 valence electrons. The van der Waals surface area contributed by atoms with Crippen molar-refractivity contribution >= 4 is 16.8 Å². The van der Waals surface area contributed by atoms with E-state index in [9.17, 15) is 4.79 Å². The second-order valence-corrected chi connectivity index (χ2v) is 6.83. The Bertz CT molecular complexity index is 1100. The van der Waals surface area contributed by atoms with Crippen molar-refractivity contribution in [3.05, 3.63) is 71.7 Å². The molecular formula is C22H22N4O2. The number of carbonyl (C=O) groups excluding carboxylic acids is 1. The summed E-state index contributed by atoms with van der Waals surface area (Å²) in [6, 6.07) is 16.1. The Morgan fingerprint density at radius 2 is 2.00 bits per heavy atom. The number of para-hydroxylation sites is 1. The average Bonchev–Trinajstić information content (AvgIpc) is 3.34. The van der Waals surface area contributed by atoms with Gasteiger partial charge >= 0.3 is 0 Å². The SMILES string of the molecule is Cc1cccc(-c2nnc(CCC(=O)NCCc3c[nH]c4ccccc34)o2)c1. The predicted octanol–water partition coefficient (Wildman–Crippen LogP) is 3.82. The van der Waals surface area contributed by atoms with Crippen LogP contribution in [0.1, 0.15) is 23.4 Å². The monoisotopic (exact) mass is 374 g/mol. The Hall–Kier alpha value is -3.41. The zero-order valence-corrected chi connectivity index (χ0v) is 15.7. The largest absolute Gasteiger partial charge is 0.421 e. The number of aromatic amines is 1. The molecule has 0 radical (unpaired) electrons. The molecule has 0 saturated carbocycles. The van der Waals surface area contributed by atoms with Gasteiger partial charge in [-0.15, -0.1) is 10.2 Å². The minimum atomic E-state index is -0.0184. The standard InChI is InChI=1S/C22H22N4O2/c1-15-5-4-6-16(13-15)22-26-25-21(28-22)10-9-20(27)23-12-11-17-14-24-19-8-3-2-7-18(17)19/h2-8,13-14,24H,9-12H2,1H3,(H,23,27). The van der Waals surface area contributed by atoms with Gasteiger partial charge in [0.05, 0.1) is 0 Å². The molecule has 0 fully saturated rings. The highest BCUT2D eigenvalue weighted by Gasteiger charge is 2.11. The predicted molar refractivity (Wildman–Crippen MR) is 108 cm³/mol. The van der Waals surface area contributed by atoms with Crippen LogP contribution in [0.25, 0.3) is 22.4 Å². The number of amides is 1. The summed E-state index contributed by atoms with van der Waals surface area (Å²) in [4.78, 5) is 15.4. The number of fused-ring (bicyclic) bond motifs is 1. The summed E-state index contributed by atoms with van der Waals surface area (Å²) in [5.74, 6) is 0.942. The van der Waals surface area contributed by atoms with Crippen LogP contribution in [-0.2, 0) is 17.6 Å². The van der Waals surface area contributed by atoms with E-state index in [1.807, 2.05) is 55.6 Å². The Balaban J connectivity index is 1.26. The van der Waals surface area contributed by atoms with Crippen LogP contribution in [0.4, 0.5) is 0 Å². The van der Waals surface area contributed by atoms with Gasteiger partial charge in [-0.05, 0) is 37.1 Å². The molecular weight excluding hydrogens is 352 g/mol. The molecule has 28 heavy (non-hydrogen) atoms. The molecule has 0 aliphatic carbocycles. The molecule has 0 bridgehead atoms. The van der Waals surface area contributed by atoms with E-state index in [0.717, 1.165) is 23.1 Å². The molecule has 6 nitrogen and oxygen atoms in total. The van der Waals surface area contributed by atoms with E-state index in [1.165, 1.54) is 10.9 Å². The molecule has 0 unspecified atom stereocenters. The molecule has 0 aliphatic heterocycles.